The van der Waals surface area contributed by atoms with Gasteiger partial charge >= 0.3 is 6.18 Å². The lowest BCUT2D eigenvalue weighted by molar-refractivity contribution is -0.137. The topological polar surface area (TPSA) is 21.3 Å². The summed E-state index contributed by atoms with van der Waals surface area (Å²) in [6.45, 7) is 1.11. The van der Waals surface area contributed by atoms with Gasteiger partial charge in [-0.25, -0.2) is 8.78 Å². The van der Waals surface area contributed by atoms with Crippen molar-refractivity contribution in [3.8, 4) is 5.75 Å². The first kappa shape index (κ1) is 14.5. The van der Waals surface area contributed by atoms with Crippen LogP contribution >= 0.6 is 0 Å². The first-order chi connectivity index (χ1) is 8.25. The third kappa shape index (κ3) is 3.48. The second-order valence-corrected chi connectivity index (χ2v) is 3.68. The maximum atomic E-state index is 12.7. The highest BCUT2D eigenvalue weighted by Gasteiger charge is 2.34. The molecule has 1 N–H and O–H groups in total. The van der Waals surface area contributed by atoms with Gasteiger partial charge in [0.15, 0.2) is 0 Å². The zero-order valence-electron chi connectivity index (χ0n) is 9.68. The fraction of sp³-hybridized carbons (Fsp3) is 0.455. The smallest absolute Gasteiger partial charge is 0.418 e. The summed E-state index contributed by atoms with van der Waals surface area (Å²) in [5.74, 6) is 0.0116. The summed E-state index contributed by atoms with van der Waals surface area (Å²) < 4.78 is 67.5. The molecule has 1 unspecified atom stereocenters. The summed E-state index contributed by atoms with van der Waals surface area (Å²) in [6.07, 6.45) is -7.40. The minimum absolute atomic E-state index is 0.0116. The Bertz CT molecular complexity index is 405. The molecule has 0 bridgehead atoms. The molecule has 0 heterocycles. The van der Waals surface area contributed by atoms with Crippen LogP contribution in [-0.2, 0) is 6.18 Å². The Morgan fingerprint density at radius 1 is 1.22 bits per heavy atom. The first-order valence-corrected chi connectivity index (χ1v) is 5.05. The van der Waals surface area contributed by atoms with Crippen LogP contribution in [0.15, 0.2) is 18.2 Å². The van der Waals surface area contributed by atoms with Gasteiger partial charge in [0.05, 0.1) is 18.7 Å². The van der Waals surface area contributed by atoms with E-state index in [9.17, 15) is 22.0 Å². The molecule has 1 aromatic rings. The molecule has 7 heteroatoms. The Morgan fingerprint density at radius 2 is 1.83 bits per heavy atom. The summed E-state index contributed by atoms with van der Waals surface area (Å²) in [4.78, 5) is 0. The highest BCUT2D eigenvalue weighted by atomic mass is 19.4. The van der Waals surface area contributed by atoms with Crippen molar-refractivity contribution in [2.75, 3.05) is 12.4 Å². The van der Waals surface area contributed by atoms with E-state index in [1.165, 1.54) is 13.2 Å². The van der Waals surface area contributed by atoms with Crippen molar-refractivity contribution in [1.29, 1.82) is 0 Å². The van der Waals surface area contributed by atoms with E-state index in [1.54, 1.807) is 0 Å². The number of halogens is 5. The van der Waals surface area contributed by atoms with Gasteiger partial charge in [-0.2, -0.15) is 13.2 Å². The van der Waals surface area contributed by atoms with Crippen LogP contribution < -0.4 is 10.1 Å². The second-order valence-electron chi connectivity index (χ2n) is 3.68. The van der Waals surface area contributed by atoms with Crippen LogP contribution in [0.2, 0.25) is 0 Å². The van der Waals surface area contributed by atoms with E-state index >= 15 is 0 Å². The lowest BCUT2D eigenvalue weighted by Gasteiger charge is -2.19. The maximum absolute atomic E-state index is 12.7. The minimum atomic E-state index is -4.64. The molecular weight excluding hydrogens is 257 g/mol. The highest BCUT2D eigenvalue weighted by molar-refractivity contribution is 5.56. The molecule has 0 saturated carbocycles. The Morgan fingerprint density at radius 3 is 2.28 bits per heavy atom. The molecule has 2 nitrogen and oxygen atoms in total. The van der Waals surface area contributed by atoms with Crippen molar-refractivity contribution in [2.24, 2.45) is 0 Å². The van der Waals surface area contributed by atoms with Gasteiger partial charge in [0.1, 0.15) is 5.75 Å². The molecule has 0 aliphatic heterocycles. The average molecular weight is 269 g/mol. The largest absolute Gasteiger partial charge is 0.497 e. The third-order valence-electron chi connectivity index (χ3n) is 2.29. The fourth-order valence-corrected chi connectivity index (χ4v) is 1.32. The lowest BCUT2D eigenvalue weighted by atomic mass is 10.1. The number of anilines is 1. The van der Waals surface area contributed by atoms with E-state index in [-0.39, 0.29) is 5.75 Å². The van der Waals surface area contributed by atoms with Gasteiger partial charge in [0, 0.05) is 5.69 Å². The molecule has 1 rings (SSSR count). The number of methoxy groups -OCH3 is 1. The second kappa shape index (κ2) is 5.41. The fourth-order valence-electron chi connectivity index (χ4n) is 1.32. The van der Waals surface area contributed by atoms with Crippen LogP contribution in [0.1, 0.15) is 12.5 Å². The summed E-state index contributed by atoms with van der Waals surface area (Å²) in [5.41, 5.74) is -1.43. The van der Waals surface area contributed by atoms with Gasteiger partial charge in [0.2, 0.25) is 0 Å². The Hall–Kier alpha value is -1.53. The first-order valence-electron chi connectivity index (χ1n) is 5.05. The zero-order chi connectivity index (χ0) is 13.9. The molecule has 0 aliphatic rings. The highest BCUT2D eigenvalue weighted by Crippen LogP contribution is 2.37. The quantitative estimate of drug-likeness (QED) is 0.840. The normalized spacial score (nSPS) is 13.6. The van der Waals surface area contributed by atoms with Crippen molar-refractivity contribution in [3.05, 3.63) is 23.8 Å². The standard InChI is InChI=1S/C11H12F5NO/c1-6(10(12)13)17-9-4-3-7(18-2)5-8(9)11(14,15)16/h3-6,10,17H,1-2H3. The number of hydrogen-bond donors (Lipinski definition) is 1. The SMILES string of the molecule is COc1ccc(NC(C)C(F)F)c(C(F)(F)F)c1. The Labute approximate surface area is 101 Å². The van der Waals surface area contributed by atoms with Crippen LogP contribution in [0.3, 0.4) is 0 Å². The van der Waals surface area contributed by atoms with Crippen molar-refractivity contribution in [2.45, 2.75) is 25.6 Å². The van der Waals surface area contributed by atoms with Crippen molar-refractivity contribution >= 4 is 5.69 Å². The third-order valence-corrected chi connectivity index (χ3v) is 2.29. The van der Waals surface area contributed by atoms with E-state index in [1.807, 2.05) is 0 Å². The summed E-state index contributed by atoms with van der Waals surface area (Å²) >= 11 is 0. The lowest BCUT2D eigenvalue weighted by Crippen LogP contribution is -2.25. The molecule has 102 valence electrons. The molecule has 0 spiro atoms. The van der Waals surface area contributed by atoms with Crippen molar-refractivity contribution in [3.63, 3.8) is 0 Å². The Kier molecular flexibility index (Phi) is 4.37. The zero-order valence-corrected chi connectivity index (χ0v) is 9.68. The van der Waals surface area contributed by atoms with E-state index in [0.717, 1.165) is 19.1 Å². The van der Waals surface area contributed by atoms with Crippen molar-refractivity contribution in [1.82, 2.24) is 0 Å². The monoisotopic (exact) mass is 269 g/mol. The molecule has 0 aromatic heterocycles. The molecule has 0 fully saturated rings. The summed E-state index contributed by atoms with van der Waals surface area (Å²) in [6, 6.07) is 1.73. The molecular formula is C11H12F5NO. The van der Waals surface area contributed by atoms with Gasteiger partial charge in [-0.15, -0.1) is 0 Å². The molecule has 0 radical (unpaired) electrons. The van der Waals surface area contributed by atoms with Crippen LogP contribution in [-0.4, -0.2) is 19.6 Å². The van der Waals surface area contributed by atoms with Gasteiger partial charge in [-0.3, -0.25) is 0 Å². The molecule has 18 heavy (non-hydrogen) atoms. The summed E-state index contributed by atoms with van der Waals surface area (Å²) in [7, 11) is 1.23. The molecule has 0 saturated heterocycles. The van der Waals surface area contributed by atoms with Gasteiger partial charge in [-0.05, 0) is 25.1 Å². The molecule has 1 aromatic carbocycles. The number of hydrogen-bond acceptors (Lipinski definition) is 2. The number of ether oxygens (including phenoxy) is 1. The Balaban J connectivity index is 3.11. The number of alkyl halides is 5. The van der Waals surface area contributed by atoms with Crippen LogP contribution in [0.5, 0.6) is 5.75 Å². The van der Waals surface area contributed by atoms with E-state index < -0.39 is 29.9 Å². The maximum Gasteiger partial charge on any atom is 0.418 e. The molecule has 0 aliphatic carbocycles. The number of benzene rings is 1. The van der Waals surface area contributed by atoms with Crippen molar-refractivity contribution < 1.29 is 26.7 Å². The predicted octanol–water partition coefficient (Wildman–Crippen LogP) is 3.78. The van der Waals surface area contributed by atoms with E-state index in [2.05, 4.69) is 10.1 Å². The van der Waals surface area contributed by atoms with Gasteiger partial charge < -0.3 is 10.1 Å². The molecule has 0 amide bonds. The number of nitrogens with one attached hydrogen (secondary N) is 1. The van der Waals surface area contributed by atoms with Crippen LogP contribution in [0.4, 0.5) is 27.6 Å². The predicted molar refractivity (Wildman–Crippen MR) is 57.1 cm³/mol. The minimum Gasteiger partial charge on any atom is -0.497 e. The average Bonchev–Trinajstić information content (AvgIpc) is 2.27. The van der Waals surface area contributed by atoms with E-state index in [0.29, 0.717) is 0 Å². The van der Waals surface area contributed by atoms with E-state index in [4.69, 9.17) is 0 Å². The summed E-state index contributed by atoms with van der Waals surface area (Å²) in [5, 5.41) is 2.14. The number of rotatable bonds is 4. The molecule has 1 atom stereocenters. The van der Waals surface area contributed by atoms with Gasteiger partial charge in [-0.1, -0.05) is 0 Å². The van der Waals surface area contributed by atoms with Crippen LogP contribution in [0.25, 0.3) is 0 Å². The van der Waals surface area contributed by atoms with Gasteiger partial charge in [0.25, 0.3) is 6.43 Å². The van der Waals surface area contributed by atoms with Crippen LogP contribution in [0, 0.1) is 0 Å².